The Bertz CT molecular complexity index is 1940. The maximum absolute atomic E-state index is 13.1. The number of carbonyl (C=O) groups excluding carboxylic acids is 2. The highest BCUT2D eigenvalue weighted by Gasteiger charge is 2.25. The number of aliphatic hydroxyl groups is 1. The van der Waals surface area contributed by atoms with Gasteiger partial charge in [0.2, 0.25) is 0 Å². The normalized spacial score (nSPS) is 16.9. The van der Waals surface area contributed by atoms with Crippen molar-refractivity contribution >= 4 is 23.5 Å². The van der Waals surface area contributed by atoms with Gasteiger partial charge in [0.15, 0.2) is 17.3 Å². The predicted molar refractivity (Wildman–Crippen MR) is 226 cm³/mol. The molecule has 0 radical (unpaired) electrons. The van der Waals surface area contributed by atoms with E-state index in [9.17, 15) is 19.8 Å². The van der Waals surface area contributed by atoms with Gasteiger partial charge in [0.25, 0.3) is 0 Å². The zero-order valence-electron chi connectivity index (χ0n) is 33.1. The molecule has 0 bridgehead atoms. The number of nitrogens with one attached hydrogen (secondary N) is 1. The van der Waals surface area contributed by atoms with Crippen molar-refractivity contribution in [2.45, 2.75) is 77.0 Å². The highest BCUT2D eigenvalue weighted by atomic mass is 16.5. The van der Waals surface area contributed by atoms with Crippen LogP contribution in [0.15, 0.2) is 97.2 Å². The van der Waals surface area contributed by atoms with Crippen molar-refractivity contribution < 1.29 is 24.5 Å². The molecule has 8 nitrogen and oxygen atoms in total. The Morgan fingerprint density at radius 3 is 2.43 bits per heavy atom. The first kappa shape index (κ1) is 42.1. The van der Waals surface area contributed by atoms with E-state index < -0.39 is 0 Å². The number of benzene rings is 3. The summed E-state index contributed by atoms with van der Waals surface area (Å²) in [4.78, 5) is 30.4. The van der Waals surface area contributed by atoms with Gasteiger partial charge in [0, 0.05) is 19.2 Å². The van der Waals surface area contributed by atoms with Crippen LogP contribution in [0.5, 0.6) is 11.5 Å². The molecule has 1 heterocycles. The number of rotatable bonds is 21. The van der Waals surface area contributed by atoms with Gasteiger partial charge in [-0.05, 0) is 159 Å². The summed E-state index contributed by atoms with van der Waals surface area (Å²) in [5, 5.41) is 23.7. The third kappa shape index (κ3) is 13.0. The van der Waals surface area contributed by atoms with Gasteiger partial charge in [0.05, 0.1) is 13.5 Å². The van der Waals surface area contributed by atoms with Crippen LogP contribution >= 0.6 is 0 Å². The Kier molecular flexibility index (Phi) is 16.5. The minimum absolute atomic E-state index is 0.00101. The monoisotopic (exact) mass is 757 g/mol. The minimum Gasteiger partial charge on any atom is -0.504 e. The number of pyridine rings is 1. The van der Waals surface area contributed by atoms with E-state index in [0.717, 1.165) is 81.0 Å². The van der Waals surface area contributed by atoms with Crippen LogP contribution in [0.4, 0.5) is 5.82 Å². The molecular formula is C48H59N3O5. The third-order valence-corrected chi connectivity index (χ3v) is 11.0. The smallest absolute Gasteiger partial charge is 0.163 e. The number of methoxy groups -OCH3 is 1. The number of phenolic OH excluding ortho intramolecular Hbond substituents is 1. The van der Waals surface area contributed by atoms with Crippen LogP contribution in [0.25, 0.3) is 6.08 Å². The predicted octanol–water partition coefficient (Wildman–Crippen LogP) is 8.05. The van der Waals surface area contributed by atoms with Crippen LogP contribution in [0.3, 0.4) is 0 Å². The topological polar surface area (TPSA) is 135 Å². The summed E-state index contributed by atoms with van der Waals surface area (Å²) in [7, 11) is 3.46. The summed E-state index contributed by atoms with van der Waals surface area (Å²) in [6.45, 7) is 1.10. The van der Waals surface area contributed by atoms with Crippen molar-refractivity contribution in [2.24, 2.45) is 17.8 Å². The zero-order chi connectivity index (χ0) is 39.7. The van der Waals surface area contributed by atoms with Crippen molar-refractivity contribution in [2.75, 3.05) is 33.0 Å². The van der Waals surface area contributed by atoms with Crippen LogP contribution in [-0.2, 0) is 41.7 Å². The molecule has 4 aromatic rings. The lowest BCUT2D eigenvalue weighted by atomic mass is 9.81. The van der Waals surface area contributed by atoms with Crippen LogP contribution in [-0.4, -0.2) is 54.1 Å². The first-order valence-electron chi connectivity index (χ1n) is 20.1. The van der Waals surface area contributed by atoms with E-state index in [4.69, 9.17) is 10.5 Å². The molecule has 56 heavy (non-hydrogen) atoms. The lowest BCUT2D eigenvalue weighted by Crippen LogP contribution is -2.23. The molecule has 0 fully saturated rings. The number of anilines is 1. The summed E-state index contributed by atoms with van der Waals surface area (Å²) >= 11 is 0. The lowest BCUT2D eigenvalue weighted by Gasteiger charge is -2.26. The summed E-state index contributed by atoms with van der Waals surface area (Å²) in [5.41, 5.74) is 13.6. The molecule has 296 valence electrons. The molecule has 0 amide bonds. The fraction of sp³-hybridized carbons (Fsp3) is 0.396. The van der Waals surface area contributed by atoms with E-state index in [2.05, 4.69) is 71.0 Å². The van der Waals surface area contributed by atoms with E-state index in [-0.39, 0.29) is 30.3 Å². The number of carbonyl (C=O) groups is 2. The number of hydrogen-bond donors (Lipinski definition) is 4. The van der Waals surface area contributed by atoms with E-state index >= 15 is 0 Å². The van der Waals surface area contributed by atoms with Gasteiger partial charge >= 0.3 is 0 Å². The van der Waals surface area contributed by atoms with E-state index in [1.54, 1.807) is 24.4 Å². The van der Waals surface area contributed by atoms with Crippen molar-refractivity contribution in [3.05, 3.63) is 136 Å². The molecular weight excluding hydrogens is 699 g/mol. The number of Topliss-reactive ketones (excluding diaryl/α,β-unsaturated/α-hetero) is 1. The van der Waals surface area contributed by atoms with Crippen molar-refractivity contribution in [1.82, 2.24) is 10.3 Å². The van der Waals surface area contributed by atoms with Crippen molar-refractivity contribution in [3.63, 3.8) is 0 Å². The number of nitrogens with zero attached hydrogens (tertiary/aromatic N) is 1. The molecule has 1 aromatic heterocycles. The van der Waals surface area contributed by atoms with Crippen LogP contribution in [0, 0.1) is 17.8 Å². The van der Waals surface area contributed by atoms with Gasteiger partial charge in [-0.25, -0.2) is 4.98 Å². The molecule has 3 unspecified atom stereocenters. The summed E-state index contributed by atoms with van der Waals surface area (Å²) in [6.07, 6.45) is 18.1. The van der Waals surface area contributed by atoms with Crippen molar-refractivity contribution in [1.29, 1.82) is 0 Å². The molecule has 1 aliphatic carbocycles. The van der Waals surface area contributed by atoms with E-state index in [0.29, 0.717) is 47.7 Å². The number of ketones is 2. The Balaban J connectivity index is 1.21. The molecule has 5 rings (SSSR count). The minimum atomic E-state index is -0.265. The fourth-order valence-corrected chi connectivity index (χ4v) is 8.05. The highest BCUT2D eigenvalue weighted by molar-refractivity contribution is 6.06. The summed E-state index contributed by atoms with van der Waals surface area (Å²) in [5.74, 6) is 1.66. The quantitative estimate of drug-likeness (QED) is 0.0381. The average molecular weight is 758 g/mol. The molecule has 0 saturated heterocycles. The van der Waals surface area contributed by atoms with Crippen LogP contribution in [0.2, 0.25) is 0 Å². The van der Waals surface area contributed by atoms with Crippen molar-refractivity contribution in [3.8, 4) is 11.5 Å². The first-order chi connectivity index (χ1) is 27.2. The number of aromatic nitrogens is 1. The summed E-state index contributed by atoms with van der Waals surface area (Å²) in [6, 6.07) is 24.6. The number of aliphatic hydroxyl groups excluding tert-OH is 1. The maximum Gasteiger partial charge on any atom is 0.163 e. The number of hydrogen-bond acceptors (Lipinski definition) is 8. The number of phenols is 1. The molecule has 5 N–H and O–H groups in total. The van der Waals surface area contributed by atoms with Gasteiger partial charge in [-0.2, -0.15) is 0 Å². The van der Waals surface area contributed by atoms with Gasteiger partial charge in [0.1, 0.15) is 11.6 Å². The number of nitrogen functional groups attached to an aromatic ring is 1. The number of aromatic hydroxyl groups is 1. The molecule has 3 aromatic carbocycles. The second-order valence-electron chi connectivity index (χ2n) is 15.2. The Hall–Kier alpha value is -5.05. The molecule has 0 aliphatic heterocycles. The average Bonchev–Trinajstić information content (AvgIpc) is 3.38. The van der Waals surface area contributed by atoms with Gasteiger partial charge in [-0.1, -0.05) is 72.8 Å². The number of aryl methyl sites for hydroxylation is 4. The third-order valence-electron chi connectivity index (χ3n) is 11.0. The highest BCUT2D eigenvalue weighted by Crippen LogP contribution is 2.34. The molecule has 1 aliphatic rings. The Labute approximate surface area is 332 Å². The SMILES string of the molecule is CNCC1CC=CC(CCO)C(CCCC(=O)CC(=O)C=Cc2cc(OC)c(O)cc2Cc2cnc(N)cc2CCc2cccc(CCc3ccccc3)c2)C1. The van der Waals surface area contributed by atoms with Crippen LogP contribution < -0.4 is 15.8 Å². The van der Waals surface area contributed by atoms with E-state index in [1.165, 1.54) is 29.9 Å². The fourth-order valence-electron chi connectivity index (χ4n) is 8.05. The van der Waals surface area contributed by atoms with Gasteiger partial charge < -0.3 is 26.0 Å². The molecule has 0 spiro atoms. The number of nitrogens with two attached hydrogens (primary N) is 1. The maximum atomic E-state index is 13.1. The Morgan fingerprint density at radius 1 is 0.929 bits per heavy atom. The molecule has 3 atom stereocenters. The Morgan fingerprint density at radius 2 is 1.68 bits per heavy atom. The second-order valence-corrected chi connectivity index (χ2v) is 15.2. The lowest BCUT2D eigenvalue weighted by molar-refractivity contribution is -0.124. The largest absolute Gasteiger partial charge is 0.504 e. The number of ether oxygens (including phenoxy) is 1. The first-order valence-corrected chi connectivity index (χ1v) is 20.1. The zero-order valence-corrected chi connectivity index (χ0v) is 33.1. The standard InChI is InChI=1S/C48H59N3O5/c1-50-32-37-13-7-14-38(23-24-52)39(26-37)15-8-16-44(53)31-45(54)22-21-40-29-47(56-2)46(55)28-42(40)27-43-33-51-48(49)30-41(43)20-19-36-12-6-11-35(25-36)18-17-34-9-4-3-5-10-34/h3-7,9-12,14,21-22,25,28-30,33,37-39,50,52,55H,8,13,15-20,23-24,26-27,31-32H2,1-2H3,(H2,49,51). The van der Waals surface area contributed by atoms with E-state index in [1.807, 2.05) is 19.2 Å². The molecule has 0 saturated carbocycles. The molecule has 8 heteroatoms. The summed E-state index contributed by atoms with van der Waals surface area (Å²) < 4.78 is 5.41. The second kappa shape index (κ2) is 21.9. The van der Waals surface area contributed by atoms with Gasteiger partial charge in [-0.3, -0.25) is 9.59 Å². The van der Waals surface area contributed by atoms with Crippen LogP contribution in [0.1, 0.15) is 83.9 Å². The number of allylic oxidation sites excluding steroid dienone is 3. The van der Waals surface area contributed by atoms with Gasteiger partial charge in [-0.15, -0.1) is 0 Å².